The molecular formula is C16H27N5O. The van der Waals surface area contributed by atoms with Crippen molar-refractivity contribution in [1.29, 1.82) is 0 Å². The highest BCUT2D eigenvalue weighted by Crippen LogP contribution is 2.28. The standard InChI is InChI=1S/C16H27N5O/c1-21(2)16-19-12-7-5-4-6-11(12)15(20-16)18-13-10-17-9-8-14(13)22-3/h13-14,17H,4-10H2,1-3H3,(H,18,19,20)/t13-,14+/m0/s1. The van der Waals surface area contributed by atoms with Crippen LogP contribution in [0.3, 0.4) is 0 Å². The molecule has 1 saturated heterocycles. The number of piperidine rings is 1. The molecule has 1 aromatic heterocycles. The molecule has 1 aliphatic heterocycles. The van der Waals surface area contributed by atoms with Crippen LogP contribution in [-0.2, 0) is 17.6 Å². The van der Waals surface area contributed by atoms with Crippen LogP contribution in [0.5, 0.6) is 0 Å². The summed E-state index contributed by atoms with van der Waals surface area (Å²) in [6.45, 7) is 1.93. The third-order valence-electron chi connectivity index (χ3n) is 4.61. The Morgan fingerprint density at radius 1 is 1.23 bits per heavy atom. The third kappa shape index (κ3) is 3.17. The number of ether oxygens (including phenoxy) is 1. The lowest BCUT2D eigenvalue weighted by molar-refractivity contribution is 0.0663. The molecule has 0 unspecified atom stereocenters. The molecule has 3 rings (SSSR count). The first-order valence-corrected chi connectivity index (χ1v) is 8.26. The van der Waals surface area contributed by atoms with Crippen LogP contribution in [0, 0.1) is 0 Å². The molecule has 122 valence electrons. The number of nitrogens with zero attached hydrogens (tertiary/aromatic N) is 3. The van der Waals surface area contributed by atoms with Crippen molar-refractivity contribution in [2.75, 3.05) is 44.5 Å². The predicted molar refractivity (Wildman–Crippen MR) is 88.7 cm³/mol. The lowest BCUT2D eigenvalue weighted by Gasteiger charge is -2.33. The average Bonchev–Trinajstić information content (AvgIpc) is 2.55. The Labute approximate surface area is 132 Å². The fourth-order valence-corrected chi connectivity index (χ4v) is 3.34. The van der Waals surface area contributed by atoms with E-state index in [1.165, 1.54) is 24.1 Å². The van der Waals surface area contributed by atoms with Gasteiger partial charge in [0, 0.05) is 33.3 Å². The van der Waals surface area contributed by atoms with E-state index in [2.05, 4.69) is 10.6 Å². The zero-order chi connectivity index (χ0) is 15.5. The summed E-state index contributed by atoms with van der Waals surface area (Å²) in [5, 5.41) is 7.08. The second kappa shape index (κ2) is 6.79. The molecular weight excluding hydrogens is 278 g/mol. The molecule has 2 N–H and O–H groups in total. The molecule has 2 atom stereocenters. The molecule has 2 heterocycles. The van der Waals surface area contributed by atoms with E-state index in [-0.39, 0.29) is 12.1 Å². The zero-order valence-electron chi connectivity index (χ0n) is 13.9. The monoisotopic (exact) mass is 305 g/mol. The topological polar surface area (TPSA) is 62.3 Å². The van der Waals surface area contributed by atoms with Crippen LogP contribution >= 0.6 is 0 Å². The van der Waals surface area contributed by atoms with Crippen LogP contribution in [0.1, 0.15) is 30.5 Å². The molecule has 22 heavy (non-hydrogen) atoms. The minimum Gasteiger partial charge on any atom is -0.379 e. The molecule has 6 nitrogen and oxygen atoms in total. The van der Waals surface area contributed by atoms with Crippen LogP contribution in [0.25, 0.3) is 0 Å². The van der Waals surface area contributed by atoms with Crippen molar-refractivity contribution in [3.05, 3.63) is 11.3 Å². The summed E-state index contributed by atoms with van der Waals surface area (Å²) in [7, 11) is 5.79. The Bertz CT molecular complexity index is 520. The molecule has 2 aliphatic rings. The first-order valence-electron chi connectivity index (χ1n) is 8.26. The quantitative estimate of drug-likeness (QED) is 0.872. The molecule has 0 radical (unpaired) electrons. The van der Waals surface area contributed by atoms with Gasteiger partial charge in [0.1, 0.15) is 5.82 Å². The van der Waals surface area contributed by atoms with Gasteiger partial charge in [0.15, 0.2) is 0 Å². The van der Waals surface area contributed by atoms with Gasteiger partial charge in [-0.25, -0.2) is 4.98 Å². The second-order valence-electron chi connectivity index (χ2n) is 6.42. The normalized spacial score (nSPS) is 24.7. The van der Waals surface area contributed by atoms with Crippen molar-refractivity contribution in [3.8, 4) is 0 Å². The number of hydrogen-bond donors (Lipinski definition) is 2. The first kappa shape index (κ1) is 15.5. The van der Waals surface area contributed by atoms with E-state index in [4.69, 9.17) is 14.7 Å². The SMILES string of the molecule is CO[C@@H]1CCNC[C@@H]1Nc1nc(N(C)C)nc2c1CCCC2. The predicted octanol–water partition coefficient (Wildman–Crippen LogP) is 1.21. The summed E-state index contributed by atoms with van der Waals surface area (Å²) in [5.74, 6) is 1.80. The Morgan fingerprint density at radius 2 is 2.05 bits per heavy atom. The second-order valence-corrected chi connectivity index (χ2v) is 6.42. The number of hydrogen-bond acceptors (Lipinski definition) is 6. The van der Waals surface area contributed by atoms with Crippen LogP contribution in [-0.4, -0.2) is 56.4 Å². The van der Waals surface area contributed by atoms with Crippen LogP contribution < -0.4 is 15.5 Å². The van der Waals surface area contributed by atoms with Crippen molar-refractivity contribution < 1.29 is 4.74 Å². The van der Waals surface area contributed by atoms with Crippen molar-refractivity contribution in [2.45, 2.75) is 44.2 Å². The summed E-state index contributed by atoms with van der Waals surface area (Å²) in [5.41, 5.74) is 2.52. The van der Waals surface area contributed by atoms with Gasteiger partial charge in [-0.2, -0.15) is 4.98 Å². The molecule has 0 bridgehead atoms. The number of anilines is 2. The van der Waals surface area contributed by atoms with Gasteiger partial charge in [0.2, 0.25) is 5.95 Å². The summed E-state index contributed by atoms with van der Waals surface area (Å²) in [6, 6.07) is 0.259. The van der Waals surface area contributed by atoms with E-state index in [0.717, 1.165) is 44.1 Å². The Morgan fingerprint density at radius 3 is 2.82 bits per heavy atom. The van der Waals surface area contributed by atoms with Gasteiger partial charge in [0.05, 0.1) is 17.8 Å². The maximum absolute atomic E-state index is 5.64. The lowest BCUT2D eigenvalue weighted by Crippen LogP contribution is -2.49. The summed E-state index contributed by atoms with van der Waals surface area (Å²) >= 11 is 0. The van der Waals surface area contributed by atoms with Gasteiger partial charge < -0.3 is 20.3 Å². The zero-order valence-corrected chi connectivity index (χ0v) is 13.9. The number of aromatic nitrogens is 2. The molecule has 1 fully saturated rings. The average molecular weight is 305 g/mol. The van der Waals surface area contributed by atoms with Crippen molar-refractivity contribution in [1.82, 2.24) is 15.3 Å². The van der Waals surface area contributed by atoms with Crippen molar-refractivity contribution >= 4 is 11.8 Å². The van der Waals surface area contributed by atoms with Gasteiger partial charge in [0.25, 0.3) is 0 Å². The van der Waals surface area contributed by atoms with Crippen LogP contribution in [0.2, 0.25) is 0 Å². The minimum atomic E-state index is 0.235. The Kier molecular flexibility index (Phi) is 4.78. The molecule has 6 heteroatoms. The number of methoxy groups -OCH3 is 1. The number of fused-ring (bicyclic) bond motifs is 1. The Hall–Kier alpha value is -1.40. The van der Waals surface area contributed by atoms with Crippen LogP contribution in [0.15, 0.2) is 0 Å². The summed E-state index contributed by atoms with van der Waals surface area (Å²) in [4.78, 5) is 11.5. The molecule has 1 aliphatic carbocycles. The van der Waals surface area contributed by atoms with Gasteiger partial charge in [-0.05, 0) is 38.6 Å². The number of aryl methyl sites for hydroxylation is 1. The maximum atomic E-state index is 5.64. The van der Waals surface area contributed by atoms with E-state index in [0.29, 0.717) is 0 Å². The van der Waals surface area contributed by atoms with E-state index >= 15 is 0 Å². The summed E-state index contributed by atoms with van der Waals surface area (Å²) < 4.78 is 5.64. The number of nitrogens with one attached hydrogen (secondary N) is 2. The highest BCUT2D eigenvalue weighted by Gasteiger charge is 2.27. The third-order valence-corrected chi connectivity index (χ3v) is 4.61. The van der Waals surface area contributed by atoms with Crippen molar-refractivity contribution in [3.63, 3.8) is 0 Å². The van der Waals surface area contributed by atoms with Gasteiger partial charge in [-0.1, -0.05) is 0 Å². The molecule has 0 amide bonds. The van der Waals surface area contributed by atoms with Crippen molar-refractivity contribution in [2.24, 2.45) is 0 Å². The Balaban J connectivity index is 1.89. The highest BCUT2D eigenvalue weighted by atomic mass is 16.5. The van der Waals surface area contributed by atoms with Gasteiger partial charge in [-0.15, -0.1) is 0 Å². The summed E-state index contributed by atoms with van der Waals surface area (Å²) in [6.07, 6.45) is 5.85. The molecule has 1 aromatic rings. The molecule has 0 spiro atoms. The van der Waals surface area contributed by atoms with Crippen LogP contribution in [0.4, 0.5) is 11.8 Å². The fourth-order valence-electron chi connectivity index (χ4n) is 3.34. The van der Waals surface area contributed by atoms with E-state index < -0.39 is 0 Å². The first-order chi connectivity index (χ1) is 10.7. The van der Waals surface area contributed by atoms with E-state index in [1.54, 1.807) is 7.11 Å². The smallest absolute Gasteiger partial charge is 0.227 e. The van der Waals surface area contributed by atoms with Gasteiger partial charge in [-0.3, -0.25) is 0 Å². The fraction of sp³-hybridized carbons (Fsp3) is 0.750. The minimum absolute atomic E-state index is 0.235. The maximum Gasteiger partial charge on any atom is 0.227 e. The van der Waals surface area contributed by atoms with E-state index in [9.17, 15) is 0 Å². The lowest BCUT2D eigenvalue weighted by atomic mass is 9.95. The largest absolute Gasteiger partial charge is 0.379 e. The highest BCUT2D eigenvalue weighted by molar-refractivity contribution is 5.53. The van der Waals surface area contributed by atoms with Gasteiger partial charge >= 0.3 is 0 Å². The molecule has 0 aromatic carbocycles. The number of rotatable bonds is 4. The van der Waals surface area contributed by atoms with E-state index in [1.807, 2.05) is 19.0 Å². The molecule has 0 saturated carbocycles.